The monoisotopic (exact) mass is 437 g/mol. The summed E-state index contributed by atoms with van der Waals surface area (Å²) in [6.07, 6.45) is 3.83. The molecule has 0 saturated heterocycles. The van der Waals surface area contributed by atoms with Crippen molar-refractivity contribution in [2.24, 2.45) is 5.73 Å². The molecule has 0 atom stereocenters. The van der Waals surface area contributed by atoms with Gasteiger partial charge >= 0.3 is 6.55 Å². The molecule has 11 heteroatoms. The number of benzene rings is 1. The van der Waals surface area contributed by atoms with Crippen LogP contribution in [-0.4, -0.2) is 31.6 Å². The van der Waals surface area contributed by atoms with Crippen molar-refractivity contribution in [3.05, 3.63) is 77.9 Å². The van der Waals surface area contributed by atoms with Gasteiger partial charge in [-0.15, -0.1) is 0 Å². The average molecular weight is 437 g/mol. The number of carbonyl (C=O) groups is 2. The molecule has 0 aliphatic rings. The van der Waals surface area contributed by atoms with Crippen LogP contribution in [0.2, 0.25) is 0 Å². The summed E-state index contributed by atoms with van der Waals surface area (Å²) in [6.45, 7) is -3.19. The Bertz CT molecular complexity index is 1310. The number of nitrogen functional groups attached to an aromatic ring is 1. The number of hydrogen-bond donors (Lipinski definition) is 2. The molecule has 1 aromatic carbocycles. The highest BCUT2D eigenvalue weighted by molar-refractivity contribution is 6.09. The highest BCUT2D eigenvalue weighted by atomic mass is 19.3. The van der Waals surface area contributed by atoms with E-state index in [1.165, 1.54) is 18.5 Å². The Morgan fingerprint density at radius 3 is 2.59 bits per heavy atom. The Hall–Kier alpha value is -4.41. The van der Waals surface area contributed by atoms with E-state index in [-0.39, 0.29) is 22.5 Å². The Morgan fingerprint density at radius 2 is 1.91 bits per heavy atom. The third-order valence-corrected chi connectivity index (χ3v) is 4.76. The predicted octanol–water partition coefficient (Wildman–Crippen LogP) is 2.75. The summed E-state index contributed by atoms with van der Waals surface area (Å²) in [5.41, 5.74) is 11.8. The zero-order valence-corrected chi connectivity index (χ0v) is 16.5. The van der Waals surface area contributed by atoms with Crippen LogP contribution in [0.1, 0.15) is 33.0 Å². The lowest BCUT2D eigenvalue weighted by Crippen LogP contribution is -2.33. The van der Waals surface area contributed by atoms with E-state index >= 15 is 0 Å². The molecule has 4 rings (SSSR count). The van der Waals surface area contributed by atoms with Crippen LogP contribution in [0.5, 0.6) is 0 Å². The summed E-state index contributed by atoms with van der Waals surface area (Å²) in [5.74, 6) is -1.39. The molecule has 0 spiro atoms. The highest BCUT2D eigenvalue weighted by Gasteiger charge is 2.29. The van der Waals surface area contributed by atoms with Crippen molar-refractivity contribution in [2.75, 3.05) is 10.6 Å². The van der Waals surface area contributed by atoms with E-state index in [1.807, 2.05) is 0 Å². The number of hydrogen-bond acceptors (Lipinski definition) is 6. The topological polar surface area (TPSA) is 133 Å². The van der Waals surface area contributed by atoms with Gasteiger partial charge in [-0.2, -0.15) is 18.6 Å². The van der Waals surface area contributed by atoms with E-state index < -0.39 is 24.1 Å². The van der Waals surface area contributed by atoms with Crippen LogP contribution in [0.25, 0.3) is 10.9 Å². The van der Waals surface area contributed by atoms with Gasteiger partial charge in [0.2, 0.25) is 0 Å². The summed E-state index contributed by atoms with van der Waals surface area (Å²) in [7, 11) is 0. The molecule has 0 aliphatic heterocycles. The first kappa shape index (κ1) is 20.8. The van der Waals surface area contributed by atoms with Gasteiger partial charge < -0.3 is 16.4 Å². The van der Waals surface area contributed by atoms with Gasteiger partial charge in [-0.1, -0.05) is 12.1 Å². The number of amides is 2. The Balaban J connectivity index is 1.82. The summed E-state index contributed by atoms with van der Waals surface area (Å²) in [5, 5.41) is 4.39. The van der Waals surface area contributed by atoms with Crippen molar-refractivity contribution in [2.45, 2.75) is 13.1 Å². The smallest absolute Gasteiger partial charge is 0.334 e. The summed E-state index contributed by atoms with van der Waals surface area (Å²) in [4.78, 5) is 34.6. The molecule has 162 valence electrons. The normalized spacial score (nSPS) is 11.1. The van der Waals surface area contributed by atoms with Crippen LogP contribution >= 0.6 is 0 Å². The second kappa shape index (κ2) is 8.38. The molecule has 3 aromatic heterocycles. The molecule has 32 heavy (non-hydrogen) atoms. The lowest BCUT2D eigenvalue weighted by atomic mass is 10.1. The van der Waals surface area contributed by atoms with Crippen LogP contribution in [-0.2, 0) is 6.54 Å². The van der Waals surface area contributed by atoms with E-state index in [9.17, 15) is 18.4 Å². The van der Waals surface area contributed by atoms with E-state index in [4.69, 9.17) is 11.5 Å². The Kier molecular flexibility index (Phi) is 5.46. The van der Waals surface area contributed by atoms with Gasteiger partial charge in [-0.25, -0.2) is 4.98 Å². The van der Waals surface area contributed by atoms with Gasteiger partial charge in [0, 0.05) is 17.8 Å². The fraction of sp³-hybridized carbons (Fsp3) is 0.0952. The first-order chi connectivity index (χ1) is 15.3. The molecular weight excluding hydrogens is 420 g/mol. The molecular formula is C21H17F2N7O2. The van der Waals surface area contributed by atoms with E-state index in [0.717, 1.165) is 16.5 Å². The first-order valence-corrected chi connectivity index (χ1v) is 9.37. The van der Waals surface area contributed by atoms with Crippen LogP contribution in [0.4, 0.5) is 20.3 Å². The SMILES string of the molecule is NC(=O)c1c(N(Cc2ccc3ccc(N)nc3c2)C(=O)c2cccnc2)cnn1C(F)F. The molecule has 0 fully saturated rings. The van der Waals surface area contributed by atoms with Gasteiger partial charge in [-0.3, -0.25) is 14.6 Å². The lowest BCUT2D eigenvalue weighted by molar-refractivity contribution is 0.0517. The number of nitrogens with zero attached hydrogens (tertiary/aromatic N) is 5. The fourth-order valence-corrected chi connectivity index (χ4v) is 3.31. The van der Waals surface area contributed by atoms with E-state index in [1.54, 1.807) is 36.4 Å². The van der Waals surface area contributed by atoms with Crippen LogP contribution in [0.15, 0.2) is 61.1 Å². The minimum Gasteiger partial charge on any atom is -0.384 e. The third kappa shape index (κ3) is 3.95. The number of aromatic nitrogens is 4. The number of fused-ring (bicyclic) bond motifs is 1. The number of halogens is 2. The van der Waals surface area contributed by atoms with Crippen molar-refractivity contribution in [3.8, 4) is 0 Å². The molecule has 4 aromatic rings. The Morgan fingerprint density at radius 1 is 1.12 bits per heavy atom. The van der Waals surface area contributed by atoms with Crippen LogP contribution in [0.3, 0.4) is 0 Å². The van der Waals surface area contributed by atoms with Crippen LogP contribution < -0.4 is 16.4 Å². The predicted molar refractivity (Wildman–Crippen MR) is 113 cm³/mol. The zero-order chi connectivity index (χ0) is 22.8. The molecule has 0 aliphatic carbocycles. The zero-order valence-electron chi connectivity index (χ0n) is 16.5. The summed E-state index contributed by atoms with van der Waals surface area (Å²) >= 11 is 0. The van der Waals surface area contributed by atoms with Gasteiger partial charge in [0.1, 0.15) is 5.82 Å². The second-order valence-corrected chi connectivity index (χ2v) is 6.86. The number of pyridine rings is 2. The maximum absolute atomic E-state index is 13.4. The quantitative estimate of drug-likeness (QED) is 0.477. The van der Waals surface area contributed by atoms with Crippen molar-refractivity contribution >= 4 is 34.2 Å². The molecule has 4 N–H and O–H groups in total. The second-order valence-electron chi connectivity index (χ2n) is 6.86. The first-order valence-electron chi connectivity index (χ1n) is 9.37. The minimum atomic E-state index is -3.12. The lowest BCUT2D eigenvalue weighted by Gasteiger charge is -2.23. The van der Waals surface area contributed by atoms with Gasteiger partial charge in [0.15, 0.2) is 5.69 Å². The van der Waals surface area contributed by atoms with Crippen molar-refractivity contribution in [1.82, 2.24) is 19.7 Å². The number of carbonyl (C=O) groups excluding carboxylic acids is 2. The number of nitrogens with two attached hydrogens (primary N) is 2. The molecule has 3 heterocycles. The fourth-order valence-electron chi connectivity index (χ4n) is 3.31. The molecule has 0 saturated carbocycles. The summed E-state index contributed by atoms with van der Waals surface area (Å²) < 4.78 is 27.0. The Labute approximate surface area is 180 Å². The standard InChI is InChI=1S/C21H17F2N7O2/c22-21(23)30-18(19(25)31)16(10-27-30)29(20(32)14-2-1-7-26-9-14)11-12-3-4-13-5-6-17(24)28-15(13)8-12/h1-10,21H,11H2,(H2,24,28)(H2,25,31). The summed E-state index contributed by atoms with van der Waals surface area (Å²) in [6, 6.07) is 11.8. The molecule has 9 nitrogen and oxygen atoms in total. The number of alkyl halides is 2. The number of anilines is 2. The maximum atomic E-state index is 13.4. The molecule has 2 amide bonds. The minimum absolute atomic E-state index is 0.0740. The van der Waals surface area contributed by atoms with Gasteiger partial charge in [-0.05, 0) is 35.9 Å². The van der Waals surface area contributed by atoms with E-state index in [0.29, 0.717) is 16.9 Å². The van der Waals surface area contributed by atoms with Gasteiger partial charge in [0.25, 0.3) is 11.8 Å². The molecule has 0 radical (unpaired) electrons. The van der Waals surface area contributed by atoms with Crippen molar-refractivity contribution < 1.29 is 18.4 Å². The van der Waals surface area contributed by atoms with Crippen LogP contribution in [0, 0.1) is 0 Å². The average Bonchev–Trinajstić information content (AvgIpc) is 3.23. The largest absolute Gasteiger partial charge is 0.384 e. The number of primary amides is 1. The molecule has 0 bridgehead atoms. The van der Waals surface area contributed by atoms with E-state index in [2.05, 4.69) is 15.1 Å². The van der Waals surface area contributed by atoms with Gasteiger partial charge in [0.05, 0.1) is 29.5 Å². The third-order valence-electron chi connectivity index (χ3n) is 4.76. The number of rotatable bonds is 6. The molecule has 0 unspecified atom stereocenters. The highest BCUT2D eigenvalue weighted by Crippen LogP contribution is 2.28. The maximum Gasteiger partial charge on any atom is 0.334 e. The van der Waals surface area contributed by atoms with Crippen molar-refractivity contribution in [3.63, 3.8) is 0 Å². The van der Waals surface area contributed by atoms with Crippen molar-refractivity contribution in [1.29, 1.82) is 0 Å².